The van der Waals surface area contributed by atoms with Crippen molar-refractivity contribution in [3.63, 3.8) is 0 Å². The topological polar surface area (TPSA) is 175 Å². The first-order chi connectivity index (χ1) is 7.90. The summed E-state index contributed by atoms with van der Waals surface area (Å²) in [5, 5.41) is 41.5. The van der Waals surface area contributed by atoms with Gasteiger partial charge in [0.2, 0.25) is 0 Å². The highest BCUT2D eigenvalue weighted by Crippen LogP contribution is 2.12. The van der Waals surface area contributed by atoms with Crippen molar-refractivity contribution in [3.05, 3.63) is 26.5 Å². The second-order valence-corrected chi connectivity index (χ2v) is 3.27. The second kappa shape index (κ2) is 5.05. The summed E-state index contributed by atoms with van der Waals surface area (Å²) in [5.74, 6) is 5.05. The Bertz CT molecular complexity index is 496. The van der Waals surface area contributed by atoms with Gasteiger partial charge >= 0.3 is 5.69 Å². The number of aliphatic hydroxyl groups excluding tert-OH is 4. The fraction of sp³-hybridized carbons (Fsp3) is 0.571. The number of nitrogens with two attached hydrogens (primary N) is 1. The molecule has 0 spiro atoms. The van der Waals surface area contributed by atoms with Gasteiger partial charge in [-0.1, -0.05) is 0 Å². The van der Waals surface area contributed by atoms with E-state index in [9.17, 15) is 19.8 Å². The van der Waals surface area contributed by atoms with Crippen LogP contribution in [0.1, 0.15) is 11.8 Å². The molecule has 0 aliphatic carbocycles. The van der Waals surface area contributed by atoms with E-state index in [1.54, 1.807) is 0 Å². The van der Waals surface area contributed by atoms with Crippen LogP contribution in [0.4, 0.5) is 0 Å². The number of nitrogens with zero attached hydrogens (tertiary/aromatic N) is 2. The molecule has 1 aromatic heterocycles. The third-order valence-corrected chi connectivity index (χ3v) is 2.11. The first-order valence-electron chi connectivity index (χ1n) is 4.52. The lowest BCUT2D eigenvalue weighted by molar-refractivity contribution is -0.0797. The predicted molar refractivity (Wildman–Crippen MR) is 53.3 cm³/mol. The molecule has 10 nitrogen and oxygen atoms in total. The van der Waals surface area contributed by atoms with Gasteiger partial charge in [-0.25, -0.2) is 9.89 Å². The van der Waals surface area contributed by atoms with E-state index >= 15 is 0 Å². The number of H-pyrrole nitrogens is 1. The predicted octanol–water partition coefficient (Wildman–Crippen LogP) is -4.61. The maximum atomic E-state index is 11.4. The van der Waals surface area contributed by atoms with Gasteiger partial charge < -0.3 is 26.3 Å². The lowest BCUT2D eigenvalue weighted by atomic mass is 10.1. The van der Waals surface area contributed by atoms with Crippen LogP contribution in [-0.2, 0) is 0 Å². The van der Waals surface area contributed by atoms with Crippen LogP contribution in [0.15, 0.2) is 9.59 Å². The van der Waals surface area contributed by atoms with Crippen molar-refractivity contribution in [2.24, 2.45) is 0 Å². The van der Waals surface area contributed by atoms with E-state index in [4.69, 9.17) is 16.1 Å². The Morgan fingerprint density at radius 2 is 1.94 bits per heavy atom. The van der Waals surface area contributed by atoms with E-state index in [1.807, 2.05) is 5.10 Å². The van der Waals surface area contributed by atoms with Crippen LogP contribution in [0, 0.1) is 0 Å². The Kier molecular flexibility index (Phi) is 3.96. The summed E-state index contributed by atoms with van der Waals surface area (Å²) >= 11 is 0. The molecule has 3 atom stereocenters. The van der Waals surface area contributed by atoms with Gasteiger partial charge in [0.15, 0.2) is 5.69 Å². The third kappa shape index (κ3) is 2.50. The molecule has 17 heavy (non-hydrogen) atoms. The van der Waals surface area contributed by atoms with E-state index in [0.29, 0.717) is 0 Å². The average Bonchev–Trinajstić information content (AvgIpc) is 2.33. The minimum atomic E-state index is -1.89. The zero-order chi connectivity index (χ0) is 13.2. The van der Waals surface area contributed by atoms with Crippen molar-refractivity contribution in [2.75, 3.05) is 12.4 Å². The van der Waals surface area contributed by atoms with E-state index < -0.39 is 41.9 Å². The number of aliphatic hydroxyl groups is 4. The van der Waals surface area contributed by atoms with Crippen molar-refractivity contribution in [1.29, 1.82) is 0 Å². The molecule has 0 radical (unpaired) electrons. The summed E-state index contributed by atoms with van der Waals surface area (Å²) < 4.78 is 0.156. The minimum Gasteiger partial charge on any atom is -0.394 e. The summed E-state index contributed by atoms with van der Waals surface area (Å²) in [5.41, 5.74) is -2.76. The fourth-order valence-corrected chi connectivity index (χ4v) is 1.10. The van der Waals surface area contributed by atoms with Gasteiger partial charge in [-0.3, -0.25) is 4.79 Å². The molecule has 0 unspecified atom stereocenters. The molecule has 0 saturated heterocycles. The van der Waals surface area contributed by atoms with Crippen LogP contribution in [0.3, 0.4) is 0 Å². The Hall–Kier alpha value is -1.75. The molecule has 1 heterocycles. The summed E-state index contributed by atoms with van der Waals surface area (Å²) in [6, 6.07) is 0. The molecular formula is C7H12N4O6. The molecule has 7 N–H and O–H groups in total. The van der Waals surface area contributed by atoms with Gasteiger partial charge in [0.1, 0.15) is 18.3 Å². The smallest absolute Gasteiger partial charge is 0.363 e. The summed E-state index contributed by atoms with van der Waals surface area (Å²) in [6.07, 6.45) is -5.40. The van der Waals surface area contributed by atoms with Crippen molar-refractivity contribution in [2.45, 2.75) is 18.3 Å². The van der Waals surface area contributed by atoms with E-state index in [2.05, 4.69) is 5.10 Å². The fourth-order valence-electron chi connectivity index (χ4n) is 1.10. The van der Waals surface area contributed by atoms with Crippen molar-refractivity contribution >= 4 is 0 Å². The quantitative estimate of drug-likeness (QED) is 0.288. The highest BCUT2D eigenvalue weighted by Gasteiger charge is 2.29. The number of aromatic nitrogens is 3. The molecule has 1 rings (SSSR count). The molecule has 0 amide bonds. The number of nitrogen functional groups attached to an aromatic ring is 1. The zero-order valence-electron chi connectivity index (χ0n) is 8.52. The standard InChI is InChI=1S/C7H12N4O6/c8-11-6(16)3(9-10-7(11)17)5(15)4(14)2(13)1-12/h2,4-5,12-15H,1,8H2,(H,10,17)/t2-,4+,5+/m1/s1. The Labute approximate surface area is 93.5 Å². The third-order valence-electron chi connectivity index (χ3n) is 2.11. The first-order valence-corrected chi connectivity index (χ1v) is 4.52. The molecular weight excluding hydrogens is 236 g/mol. The summed E-state index contributed by atoms with van der Waals surface area (Å²) in [6.45, 7) is -0.821. The van der Waals surface area contributed by atoms with Gasteiger partial charge in [0.05, 0.1) is 6.61 Å². The Morgan fingerprint density at radius 3 is 2.47 bits per heavy atom. The highest BCUT2D eigenvalue weighted by molar-refractivity contribution is 5.02. The van der Waals surface area contributed by atoms with Crippen LogP contribution < -0.4 is 17.1 Å². The average molecular weight is 248 g/mol. The Morgan fingerprint density at radius 1 is 1.35 bits per heavy atom. The van der Waals surface area contributed by atoms with Gasteiger partial charge in [-0.2, -0.15) is 9.77 Å². The monoisotopic (exact) mass is 248 g/mol. The van der Waals surface area contributed by atoms with Crippen LogP contribution in [0.25, 0.3) is 0 Å². The lowest BCUT2D eigenvalue weighted by Gasteiger charge is -2.20. The van der Waals surface area contributed by atoms with Gasteiger partial charge in [0.25, 0.3) is 5.56 Å². The molecule has 0 aliphatic rings. The summed E-state index contributed by atoms with van der Waals surface area (Å²) in [4.78, 5) is 22.2. The van der Waals surface area contributed by atoms with Crippen molar-refractivity contribution < 1.29 is 20.4 Å². The van der Waals surface area contributed by atoms with Crippen LogP contribution >= 0.6 is 0 Å². The molecule has 96 valence electrons. The zero-order valence-corrected chi connectivity index (χ0v) is 8.52. The van der Waals surface area contributed by atoms with Crippen LogP contribution in [0.2, 0.25) is 0 Å². The molecule has 0 fully saturated rings. The molecule has 1 aromatic rings. The first kappa shape index (κ1) is 13.3. The molecule has 10 heteroatoms. The van der Waals surface area contributed by atoms with Crippen molar-refractivity contribution in [3.8, 4) is 0 Å². The number of hydrogen-bond acceptors (Lipinski definition) is 8. The van der Waals surface area contributed by atoms with Crippen LogP contribution in [-0.4, -0.2) is 54.1 Å². The number of hydrogen-bond donors (Lipinski definition) is 6. The Balaban J connectivity index is 3.14. The van der Waals surface area contributed by atoms with Gasteiger partial charge in [-0.05, 0) is 0 Å². The SMILES string of the molecule is Nn1c(=O)[nH]nc([C@H](O)[C@@H](O)[C@H](O)CO)c1=O. The van der Waals surface area contributed by atoms with E-state index in [1.165, 1.54) is 0 Å². The number of nitrogens with one attached hydrogen (secondary N) is 1. The number of rotatable bonds is 4. The van der Waals surface area contributed by atoms with Crippen LogP contribution in [0.5, 0.6) is 0 Å². The van der Waals surface area contributed by atoms with Gasteiger partial charge in [0, 0.05) is 0 Å². The highest BCUT2D eigenvalue weighted by atomic mass is 16.4. The minimum absolute atomic E-state index is 0.156. The van der Waals surface area contributed by atoms with Gasteiger partial charge in [-0.15, -0.1) is 0 Å². The van der Waals surface area contributed by atoms with E-state index in [0.717, 1.165) is 0 Å². The molecule has 0 aliphatic heterocycles. The molecule has 0 bridgehead atoms. The second-order valence-electron chi connectivity index (χ2n) is 3.27. The normalized spacial score (nSPS) is 16.5. The van der Waals surface area contributed by atoms with Crippen molar-refractivity contribution in [1.82, 2.24) is 14.9 Å². The largest absolute Gasteiger partial charge is 0.394 e. The van der Waals surface area contributed by atoms with E-state index in [-0.39, 0.29) is 4.68 Å². The number of aromatic amines is 1. The molecule has 0 saturated carbocycles. The molecule has 0 aromatic carbocycles. The summed E-state index contributed by atoms with van der Waals surface area (Å²) in [7, 11) is 0. The maximum Gasteiger partial charge on any atom is 0.363 e. The maximum absolute atomic E-state index is 11.4. The lowest BCUT2D eigenvalue weighted by Crippen LogP contribution is -2.46.